The van der Waals surface area contributed by atoms with Gasteiger partial charge in [0.05, 0.1) is 0 Å². The molecule has 2 saturated heterocycles. The van der Waals surface area contributed by atoms with E-state index in [1.807, 2.05) is 18.7 Å². The second kappa shape index (κ2) is 7.58. The number of hydrogen-bond donors (Lipinski definition) is 0. The van der Waals surface area contributed by atoms with Gasteiger partial charge in [-0.2, -0.15) is 0 Å². The number of carbonyl (C=O) groups is 2. The van der Waals surface area contributed by atoms with Gasteiger partial charge in [0.25, 0.3) is 5.91 Å². The fourth-order valence-electron chi connectivity index (χ4n) is 4.91. The summed E-state index contributed by atoms with van der Waals surface area (Å²) in [6.45, 7) is 11.0. The number of imide groups is 1. The fourth-order valence-corrected chi connectivity index (χ4v) is 4.91. The van der Waals surface area contributed by atoms with E-state index in [0.29, 0.717) is 37.8 Å². The molecule has 29 heavy (non-hydrogen) atoms. The van der Waals surface area contributed by atoms with Crippen LogP contribution in [0, 0.1) is 25.7 Å². The van der Waals surface area contributed by atoms with Crippen LogP contribution < -0.4 is 4.90 Å². The highest BCUT2D eigenvalue weighted by atomic mass is 16.2. The number of rotatable bonds is 5. The van der Waals surface area contributed by atoms with Crippen LogP contribution in [0.2, 0.25) is 0 Å². The maximum absolute atomic E-state index is 13.5. The third-order valence-electron chi connectivity index (χ3n) is 7.03. The molecule has 1 aliphatic carbocycles. The first-order chi connectivity index (χ1) is 13.8. The molecule has 7 heteroatoms. The first-order valence-electron chi connectivity index (χ1n) is 11.0. The van der Waals surface area contributed by atoms with Crippen LogP contribution in [0.3, 0.4) is 0 Å². The Morgan fingerprint density at radius 3 is 2.41 bits per heavy atom. The van der Waals surface area contributed by atoms with Gasteiger partial charge >= 0.3 is 6.03 Å². The normalized spacial score (nSPS) is 22.2. The van der Waals surface area contributed by atoms with Gasteiger partial charge < -0.3 is 9.80 Å². The van der Waals surface area contributed by atoms with Crippen molar-refractivity contribution in [2.24, 2.45) is 11.8 Å². The minimum Gasteiger partial charge on any atom is -0.356 e. The summed E-state index contributed by atoms with van der Waals surface area (Å²) in [6.07, 6.45) is 6.41. The Bertz CT molecular complexity index is 796. The van der Waals surface area contributed by atoms with Gasteiger partial charge in [0.15, 0.2) is 0 Å². The SMILES string of the molecule is Cc1ncnc(N2CCC3(CC2)C(=O)N(CC2CCC2)C(=O)N3CC(C)C)c1C. The zero-order chi connectivity index (χ0) is 20.8. The van der Waals surface area contributed by atoms with Gasteiger partial charge in [-0.15, -0.1) is 0 Å². The van der Waals surface area contributed by atoms with Crippen molar-refractivity contribution >= 4 is 17.8 Å². The summed E-state index contributed by atoms with van der Waals surface area (Å²) in [5.74, 6) is 1.80. The lowest BCUT2D eigenvalue weighted by molar-refractivity contribution is -0.135. The monoisotopic (exact) mass is 399 g/mol. The molecular formula is C22H33N5O2. The number of aryl methyl sites for hydroxylation is 1. The highest BCUT2D eigenvalue weighted by Gasteiger charge is 2.58. The van der Waals surface area contributed by atoms with Gasteiger partial charge in [-0.25, -0.2) is 14.8 Å². The third-order valence-corrected chi connectivity index (χ3v) is 7.03. The van der Waals surface area contributed by atoms with Crippen LogP contribution in [0.15, 0.2) is 6.33 Å². The average molecular weight is 400 g/mol. The zero-order valence-electron chi connectivity index (χ0n) is 18.1. The highest BCUT2D eigenvalue weighted by molar-refractivity contribution is 6.07. The van der Waals surface area contributed by atoms with Crippen molar-refractivity contribution in [3.8, 4) is 0 Å². The minimum absolute atomic E-state index is 0.0327. The van der Waals surface area contributed by atoms with Crippen molar-refractivity contribution in [2.75, 3.05) is 31.1 Å². The van der Waals surface area contributed by atoms with Gasteiger partial charge in [-0.3, -0.25) is 9.69 Å². The molecule has 0 bridgehead atoms. The van der Waals surface area contributed by atoms with E-state index >= 15 is 0 Å². The molecule has 0 atom stereocenters. The molecule has 158 valence electrons. The maximum Gasteiger partial charge on any atom is 0.327 e. The molecule has 0 aromatic carbocycles. The van der Waals surface area contributed by atoms with Crippen LogP contribution in [-0.4, -0.2) is 63.4 Å². The van der Waals surface area contributed by atoms with Crippen LogP contribution in [0.1, 0.15) is 57.2 Å². The second-order valence-electron chi connectivity index (χ2n) is 9.43. The molecule has 1 aromatic rings. The van der Waals surface area contributed by atoms with Gasteiger partial charge in [-0.05, 0) is 51.4 Å². The van der Waals surface area contributed by atoms with Crippen molar-refractivity contribution in [3.05, 3.63) is 17.6 Å². The van der Waals surface area contributed by atoms with E-state index in [2.05, 4.69) is 28.7 Å². The Morgan fingerprint density at radius 1 is 1.14 bits per heavy atom. The van der Waals surface area contributed by atoms with Crippen molar-refractivity contribution < 1.29 is 9.59 Å². The van der Waals surface area contributed by atoms with Gasteiger partial charge in [-0.1, -0.05) is 20.3 Å². The molecule has 4 rings (SSSR count). The van der Waals surface area contributed by atoms with Crippen molar-refractivity contribution in [1.29, 1.82) is 0 Å². The lowest BCUT2D eigenvalue weighted by Gasteiger charge is -2.43. The number of amides is 3. The Morgan fingerprint density at radius 2 is 1.83 bits per heavy atom. The Labute approximate surface area is 173 Å². The summed E-state index contributed by atoms with van der Waals surface area (Å²) >= 11 is 0. The van der Waals surface area contributed by atoms with Crippen LogP contribution in [0.5, 0.6) is 0 Å². The fraction of sp³-hybridized carbons (Fsp3) is 0.727. The van der Waals surface area contributed by atoms with Crippen LogP contribution in [0.25, 0.3) is 0 Å². The lowest BCUT2D eigenvalue weighted by atomic mass is 9.83. The van der Waals surface area contributed by atoms with E-state index < -0.39 is 5.54 Å². The zero-order valence-corrected chi connectivity index (χ0v) is 18.1. The molecule has 3 fully saturated rings. The molecule has 3 aliphatic rings. The van der Waals surface area contributed by atoms with Crippen molar-refractivity contribution in [3.63, 3.8) is 0 Å². The van der Waals surface area contributed by atoms with E-state index in [-0.39, 0.29) is 11.9 Å². The van der Waals surface area contributed by atoms with E-state index in [9.17, 15) is 9.59 Å². The minimum atomic E-state index is -0.683. The topological polar surface area (TPSA) is 69.6 Å². The number of piperidine rings is 1. The maximum atomic E-state index is 13.5. The molecule has 1 spiro atoms. The first-order valence-corrected chi connectivity index (χ1v) is 11.0. The van der Waals surface area contributed by atoms with E-state index in [1.165, 1.54) is 6.42 Å². The van der Waals surface area contributed by atoms with E-state index in [0.717, 1.165) is 43.0 Å². The predicted octanol–water partition coefficient (Wildman–Crippen LogP) is 3.15. The Balaban J connectivity index is 1.56. The van der Waals surface area contributed by atoms with Crippen LogP contribution >= 0.6 is 0 Å². The van der Waals surface area contributed by atoms with Gasteiger partial charge in [0.1, 0.15) is 17.7 Å². The van der Waals surface area contributed by atoms with Crippen LogP contribution in [0.4, 0.5) is 10.6 Å². The van der Waals surface area contributed by atoms with Crippen molar-refractivity contribution in [1.82, 2.24) is 19.8 Å². The standard InChI is InChI=1S/C22H33N5O2/c1-15(2)12-27-21(29)26(13-18-6-5-7-18)20(28)22(27)8-10-25(11-9-22)19-16(3)17(4)23-14-24-19/h14-15,18H,5-13H2,1-4H3. The molecule has 3 amide bonds. The van der Waals surface area contributed by atoms with Gasteiger partial charge in [0, 0.05) is 37.4 Å². The van der Waals surface area contributed by atoms with E-state index in [4.69, 9.17) is 0 Å². The molecule has 3 heterocycles. The number of carbonyl (C=O) groups excluding carboxylic acids is 2. The summed E-state index contributed by atoms with van der Waals surface area (Å²) in [7, 11) is 0. The highest BCUT2D eigenvalue weighted by Crippen LogP contribution is 2.40. The lowest BCUT2D eigenvalue weighted by Crippen LogP contribution is -2.57. The first kappa shape index (κ1) is 20.1. The predicted molar refractivity (Wildman–Crippen MR) is 112 cm³/mol. The van der Waals surface area contributed by atoms with Crippen LogP contribution in [-0.2, 0) is 4.79 Å². The van der Waals surface area contributed by atoms with Crippen molar-refractivity contribution in [2.45, 2.75) is 65.3 Å². The largest absolute Gasteiger partial charge is 0.356 e. The summed E-state index contributed by atoms with van der Waals surface area (Å²) < 4.78 is 0. The third kappa shape index (κ3) is 3.38. The summed E-state index contributed by atoms with van der Waals surface area (Å²) in [4.78, 5) is 41.3. The summed E-state index contributed by atoms with van der Waals surface area (Å²) in [5, 5.41) is 0. The molecule has 2 aliphatic heterocycles. The summed E-state index contributed by atoms with van der Waals surface area (Å²) in [5.41, 5.74) is 1.39. The number of hydrogen-bond acceptors (Lipinski definition) is 5. The smallest absolute Gasteiger partial charge is 0.327 e. The molecule has 0 unspecified atom stereocenters. The Hall–Kier alpha value is -2.18. The number of urea groups is 1. The molecular weight excluding hydrogens is 366 g/mol. The molecule has 1 aromatic heterocycles. The van der Waals surface area contributed by atoms with E-state index in [1.54, 1.807) is 11.2 Å². The molecule has 0 N–H and O–H groups in total. The number of nitrogens with zero attached hydrogens (tertiary/aromatic N) is 5. The Kier molecular flexibility index (Phi) is 5.25. The van der Waals surface area contributed by atoms with Gasteiger partial charge in [0.2, 0.25) is 0 Å². The molecule has 1 saturated carbocycles. The second-order valence-corrected chi connectivity index (χ2v) is 9.43. The quantitative estimate of drug-likeness (QED) is 0.712. The molecule has 0 radical (unpaired) electrons. The number of anilines is 1. The molecule has 7 nitrogen and oxygen atoms in total. The average Bonchev–Trinajstić information content (AvgIpc) is 2.83. The summed E-state index contributed by atoms with van der Waals surface area (Å²) in [6, 6.07) is -0.0712. The number of aromatic nitrogens is 2.